The van der Waals surface area contributed by atoms with Crippen LogP contribution in [0, 0.1) is 11.3 Å². The lowest BCUT2D eigenvalue weighted by atomic mass is 10.2. The maximum Gasteiger partial charge on any atom is 0.266 e. The summed E-state index contributed by atoms with van der Waals surface area (Å²) in [6.07, 6.45) is 1.10. The molecule has 17 heavy (non-hydrogen) atoms. The van der Waals surface area contributed by atoms with E-state index in [4.69, 9.17) is 33.6 Å². The van der Waals surface area contributed by atoms with Crippen molar-refractivity contribution in [2.75, 3.05) is 11.9 Å². The third-order valence-electron chi connectivity index (χ3n) is 1.84. The van der Waals surface area contributed by atoms with Gasteiger partial charge in [0.15, 0.2) is 0 Å². The molecule has 0 aliphatic carbocycles. The maximum absolute atomic E-state index is 11.6. The van der Waals surface area contributed by atoms with E-state index in [9.17, 15) is 4.79 Å². The number of carbonyl (C=O) groups excluding carboxylic acids is 1. The van der Waals surface area contributed by atoms with Crippen molar-refractivity contribution in [1.82, 2.24) is 0 Å². The van der Waals surface area contributed by atoms with Crippen LogP contribution in [0.2, 0.25) is 10.0 Å². The molecule has 0 saturated carbocycles. The van der Waals surface area contributed by atoms with E-state index < -0.39 is 5.91 Å². The number of benzene rings is 1. The second-order valence-electron chi connectivity index (χ2n) is 2.99. The Labute approximate surface area is 108 Å². The summed E-state index contributed by atoms with van der Waals surface area (Å²) in [5, 5.41) is 20.5. The topological polar surface area (TPSA) is 73.1 Å². The molecule has 0 aliphatic heterocycles. The number of carbonyl (C=O) groups is 1. The first kappa shape index (κ1) is 13.5. The molecular weight excluding hydrogens is 263 g/mol. The maximum atomic E-state index is 11.6. The number of nitrogens with zero attached hydrogens (tertiary/aromatic N) is 1. The quantitative estimate of drug-likeness (QED) is 0.654. The minimum Gasteiger partial charge on any atom is -0.392 e. The van der Waals surface area contributed by atoms with E-state index in [2.05, 4.69) is 5.32 Å². The number of amides is 1. The zero-order chi connectivity index (χ0) is 12.8. The first-order chi connectivity index (χ1) is 8.08. The lowest BCUT2D eigenvalue weighted by molar-refractivity contribution is -0.112. The van der Waals surface area contributed by atoms with Gasteiger partial charge in [-0.2, -0.15) is 5.26 Å². The molecule has 0 atom stereocenters. The third-order valence-corrected chi connectivity index (χ3v) is 2.40. The number of rotatable bonds is 3. The molecule has 1 amide bonds. The molecule has 6 heteroatoms. The number of hydrogen-bond acceptors (Lipinski definition) is 3. The Hall–Kier alpha value is -1.54. The molecule has 1 rings (SSSR count). The van der Waals surface area contributed by atoms with Crippen LogP contribution in [-0.4, -0.2) is 17.6 Å². The van der Waals surface area contributed by atoms with Crippen LogP contribution in [0.5, 0.6) is 0 Å². The van der Waals surface area contributed by atoms with Crippen LogP contribution < -0.4 is 5.32 Å². The van der Waals surface area contributed by atoms with E-state index in [1.165, 1.54) is 12.1 Å². The average molecular weight is 271 g/mol. The van der Waals surface area contributed by atoms with Gasteiger partial charge in [-0.15, -0.1) is 0 Å². The molecule has 0 fully saturated rings. The molecule has 0 spiro atoms. The van der Waals surface area contributed by atoms with Gasteiger partial charge in [0.05, 0.1) is 17.3 Å². The summed E-state index contributed by atoms with van der Waals surface area (Å²) < 4.78 is 0. The first-order valence-electron chi connectivity index (χ1n) is 4.56. The number of aliphatic hydroxyl groups excluding tert-OH is 1. The van der Waals surface area contributed by atoms with Crippen LogP contribution >= 0.6 is 23.2 Å². The van der Waals surface area contributed by atoms with Crippen LogP contribution in [0.1, 0.15) is 0 Å². The van der Waals surface area contributed by atoms with Crippen molar-refractivity contribution in [3.63, 3.8) is 0 Å². The standard InChI is InChI=1S/C11H8Cl2N2O2/c12-8-1-2-9(13)10(5-8)15-11(17)7(6-14)3-4-16/h1-3,5,16H,4H2,(H,15,17)/b7-3+. The summed E-state index contributed by atoms with van der Waals surface area (Å²) in [6, 6.07) is 6.24. The van der Waals surface area contributed by atoms with Gasteiger partial charge in [-0.1, -0.05) is 23.2 Å². The van der Waals surface area contributed by atoms with Gasteiger partial charge in [-0.05, 0) is 24.3 Å². The fourth-order valence-corrected chi connectivity index (χ4v) is 1.40. The largest absolute Gasteiger partial charge is 0.392 e. The van der Waals surface area contributed by atoms with Gasteiger partial charge in [-0.25, -0.2) is 0 Å². The van der Waals surface area contributed by atoms with E-state index in [0.717, 1.165) is 6.08 Å². The van der Waals surface area contributed by atoms with E-state index in [1.54, 1.807) is 12.1 Å². The van der Waals surface area contributed by atoms with Gasteiger partial charge >= 0.3 is 0 Å². The molecule has 1 aromatic rings. The highest BCUT2D eigenvalue weighted by Gasteiger charge is 2.10. The first-order valence-corrected chi connectivity index (χ1v) is 5.31. The van der Waals surface area contributed by atoms with Crippen molar-refractivity contribution in [3.05, 3.63) is 39.9 Å². The molecule has 4 nitrogen and oxygen atoms in total. The molecule has 0 saturated heterocycles. The lowest BCUT2D eigenvalue weighted by Crippen LogP contribution is -2.14. The SMILES string of the molecule is N#C/C(=C\CO)C(=O)Nc1cc(Cl)ccc1Cl. The number of halogens is 2. The summed E-state index contributed by atoms with van der Waals surface area (Å²) in [7, 11) is 0. The van der Waals surface area contributed by atoms with Crippen molar-refractivity contribution in [2.45, 2.75) is 0 Å². The predicted molar refractivity (Wildman–Crippen MR) is 65.9 cm³/mol. The average Bonchev–Trinajstić information content (AvgIpc) is 2.30. The van der Waals surface area contributed by atoms with Crippen LogP contribution in [0.4, 0.5) is 5.69 Å². The van der Waals surface area contributed by atoms with E-state index in [-0.39, 0.29) is 12.2 Å². The number of hydrogen-bond donors (Lipinski definition) is 2. The predicted octanol–water partition coefficient (Wildman–Crippen LogP) is 2.37. The number of aliphatic hydroxyl groups is 1. The fraction of sp³-hybridized carbons (Fsp3) is 0.0909. The van der Waals surface area contributed by atoms with Crippen LogP contribution in [0.15, 0.2) is 29.8 Å². The van der Waals surface area contributed by atoms with Crippen LogP contribution in [0.3, 0.4) is 0 Å². The zero-order valence-corrected chi connectivity index (χ0v) is 10.1. The van der Waals surface area contributed by atoms with Gasteiger partial charge in [0.2, 0.25) is 0 Å². The van der Waals surface area contributed by atoms with E-state index in [1.807, 2.05) is 0 Å². The Kier molecular flexibility index (Phi) is 4.98. The van der Waals surface area contributed by atoms with Crippen LogP contribution in [0.25, 0.3) is 0 Å². The molecule has 0 unspecified atom stereocenters. The van der Waals surface area contributed by atoms with Gasteiger partial charge in [0, 0.05) is 5.02 Å². The highest BCUT2D eigenvalue weighted by atomic mass is 35.5. The van der Waals surface area contributed by atoms with Gasteiger partial charge in [0.25, 0.3) is 5.91 Å². The molecule has 0 bridgehead atoms. The Balaban J connectivity index is 2.92. The van der Waals surface area contributed by atoms with Gasteiger partial charge in [-0.3, -0.25) is 4.79 Å². The lowest BCUT2D eigenvalue weighted by Gasteiger charge is -2.06. The molecule has 0 radical (unpaired) electrons. The van der Waals surface area contributed by atoms with Gasteiger partial charge in [0.1, 0.15) is 11.6 Å². The van der Waals surface area contributed by atoms with Crippen molar-refractivity contribution in [3.8, 4) is 6.07 Å². The normalized spacial score (nSPS) is 10.8. The molecule has 0 heterocycles. The zero-order valence-electron chi connectivity index (χ0n) is 8.58. The summed E-state index contributed by atoms with van der Waals surface area (Å²) in [5.74, 6) is -0.647. The molecular formula is C11H8Cl2N2O2. The number of anilines is 1. The highest BCUT2D eigenvalue weighted by molar-refractivity contribution is 6.35. The summed E-state index contributed by atoms with van der Waals surface area (Å²) >= 11 is 11.6. The molecule has 0 aliphatic rings. The molecule has 88 valence electrons. The van der Waals surface area contributed by atoms with Crippen molar-refractivity contribution >= 4 is 34.8 Å². The van der Waals surface area contributed by atoms with E-state index in [0.29, 0.717) is 15.7 Å². The van der Waals surface area contributed by atoms with Crippen LogP contribution in [-0.2, 0) is 4.79 Å². The molecule has 1 aromatic carbocycles. The smallest absolute Gasteiger partial charge is 0.266 e. The Bertz CT molecular complexity index is 507. The summed E-state index contributed by atoms with van der Waals surface area (Å²) in [4.78, 5) is 11.6. The Morgan fingerprint density at radius 1 is 1.53 bits per heavy atom. The van der Waals surface area contributed by atoms with Crippen molar-refractivity contribution in [1.29, 1.82) is 5.26 Å². The van der Waals surface area contributed by atoms with Gasteiger partial charge < -0.3 is 10.4 Å². The Morgan fingerprint density at radius 2 is 2.24 bits per heavy atom. The van der Waals surface area contributed by atoms with Crippen molar-refractivity contribution < 1.29 is 9.90 Å². The molecule has 0 aromatic heterocycles. The minimum absolute atomic E-state index is 0.191. The molecule has 2 N–H and O–H groups in total. The number of nitriles is 1. The second-order valence-corrected chi connectivity index (χ2v) is 3.83. The highest BCUT2D eigenvalue weighted by Crippen LogP contribution is 2.25. The third kappa shape index (κ3) is 3.75. The summed E-state index contributed by atoms with van der Waals surface area (Å²) in [6.45, 7) is -0.389. The Morgan fingerprint density at radius 3 is 2.82 bits per heavy atom. The second kappa shape index (κ2) is 6.26. The fourth-order valence-electron chi connectivity index (χ4n) is 1.06. The van der Waals surface area contributed by atoms with Crippen molar-refractivity contribution in [2.24, 2.45) is 0 Å². The van der Waals surface area contributed by atoms with E-state index >= 15 is 0 Å². The monoisotopic (exact) mass is 270 g/mol. The minimum atomic E-state index is -0.647. The number of nitrogens with one attached hydrogen (secondary N) is 1. The summed E-state index contributed by atoms with van der Waals surface area (Å²) in [5.41, 5.74) is 0.117.